The number of hydrogen-bond acceptors (Lipinski definition) is 7. The largest absolute Gasteiger partial charge is 0.480 e. The van der Waals surface area contributed by atoms with Gasteiger partial charge in [-0.1, -0.05) is 24.3 Å². The van der Waals surface area contributed by atoms with Crippen LogP contribution in [0.25, 0.3) is 33.9 Å². The third-order valence-corrected chi connectivity index (χ3v) is 6.88. The van der Waals surface area contributed by atoms with Gasteiger partial charge in [0.1, 0.15) is 23.2 Å². The lowest BCUT2D eigenvalue weighted by Gasteiger charge is -2.11. The molecule has 4 aromatic heterocycles. The van der Waals surface area contributed by atoms with Crippen molar-refractivity contribution in [1.29, 1.82) is 5.41 Å². The molecule has 39 heavy (non-hydrogen) atoms. The number of halogens is 3. The van der Waals surface area contributed by atoms with E-state index in [-0.39, 0.29) is 11.4 Å². The van der Waals surface area contributed by atoms with Crippen molar-refractivity contribution in [3.63, 3.8) is 0 Å². The lowest BCUT2D eigenvalue weighted by atomic mass is 10.1. The van der Waals surface area contributed by atoms with Gasteiger partial charge < -0.3 is 13.9 Å². The number of methoxy groups -OCH3 is 1. The van der Waals surface area contributed by atoms with E-state index in [0.717, 1.165) is 30.3 Å². The Morgan fingerprint density at radius 1 is 1.05 bits per heavy atom. The number of benzene rings is 1. The Labute approximate surface area is 220 Å². The predicted molar refractivity (Wildman–Crippen MR) is 135 cm³/mol. The molecule has 200 valence electrons. The van der Waals surface area contributed by atoms with Crippen LogP contribution in [0.4, 0.5) is 13.2 Å². The minimum atomic E-state index is -4.51. The quantitative estimate of drug-likeness (QED) is 0.351. The minimum absolute atomic E-state index is 0.218. The normalized spacial score (nSPS) is 13.8. The zero-order valence-electron chi connectivity index (χ0n) is 21.4. The number of hydrogen-bond donors (Lipinski definition) is 1. The maximum Gasteiger partial charge on any atom is 0.434 e. The molecule has 0 atom stereocenters. The SMILES string of the molecule is COc1ncnc(C2CC2)c1-c1ncc2c(n1)n(Cc1ccc(-c3nc(C(F)(F)F)cn3C)cc1)c(=N)n2C. The van der Waals surface area contributed by atoms with E-state index in [9.17, 15) is 13.2 Å². The highest BCUT2D eigenvalue weighted by Crippen LogP contribution is 2.44. The molecule has 1 aliphatic carbocycles. The highest BCUT2D eigenvalue weighted by Gasteiger charge is 2.34. The van der Waals surface area contributed by atoms with E-state index in [2.05, 4.69) is 19.9 Å². The van der Waals surface area contributed by atoms with Crippen LogP contribution in [-0.4, -0.2) is 45.7 Å². The molecule has 0 unspecified atom stereocenters. The first-order valence-corrected chi connectivity index (χ1v) is 12.2. The topological polar surface area (TPSA) is 112 Å². The van der Waals surface area contributed by atoms with Crippen LogP contribution in [0.15, 0.2) is 43.0 Å². The fourth-order valence-electron chi connectivity index (χ4n) is 4.69. The summed E-state index contributed by atoms with van der Waals surface area (Å²) in [6.07, 6.45) is 1.68. The van der Waals surface area contributed by atoms with Crippen LogP contribution in [-0.2, 0) is 26.8 Å². The average molecular weight is 536 g/mol. The van der Waals surface area contributed by atoms with Crippen LogP contribution in [0.1, 0.15) is 35.7 Å². The molecule has 1 saturated carbocycles. The molecule has 10 nitrogen and oxygen atoms in total. The highest BCUT2D eigenvalue weighted by molar-refractivity contribution is 5.75. The van der Waals surface area contributed by atoms with E-state index in [1.807, 2.05) is 12.1 Å². The Kier molecular flexibility index (Phi) is 5.74. The highest BCUT2D eigenvalue weighted by atomic mass is 19.4. The number of ether oxygens (including phenoxy) is 1. The molecule has 1 fully saturated rings. The van der Waals surface area contributed by atoms with Crippen molar-refractivity contribution in [2.24, 2.45) is 14.1 Å². The lowest BCUT2D eigenvalue weighted by molar-refractivity contribution is -0.140. The monoisotopic (exact) mass is 535 g/mol. The number of imidazole rings is 2. The van der Waals surface area contributed by atoms with Crippen molar-refractivity contribution in [3.05, 3.63) is 65.6 Å². The van der Waals surface area contributed by atoms with Gasteiger partial charge in [-0.15, -0.1) is 0 Å². The van der Waals surface area contributed by atoms with Gasteiger partial charge in [0, 0.05) is 31.8 Å². The Morgan fingerprint density at radius 2 is 1.79 bits per heavy atom. The van der Waals surface area contributed by atoms with Gasteiger partial charge in [0.15, 0.2) is 17.2 Å². The fraction of sp³-hybridized carbons (Fsp3) is 0.308. The van der Waals surface area contributed by atoms with Crippen molar-refractivity contribution >= 4 is 11.2 Å². The van der Waals surface area contributed by atoms with Crippen LogP contribution in [0.5, 0.6) is 5.88 Å². The summed E-state index contributed by atoms with van der Waals surface area (Å²) < 4.78 is 49.6. The average Bonchev–Trinajstić information content (AvgIpc) is 3.66. The molecule has 5 aromatic rings. The number of alkyl halides is 3. The molecule has 0 bridgehead atoms. The first-order valence-electron chi connectivity index (χ1n) is 12.2. The number of nitrogens with one attached hydrogen (secondary N) is 1. The molecule has 0 spiro atoms. The third kappa shape index (κ3) is 4.33. The molecule has 1 N–H and O–H groups in total. The number of fused-ring (bicyclic) bond motifs is 1. The van der Waals surface area contributed by atoms with E-state index >= 15 is 0 Å². The van der Waals surface area contributed by atoms with Gasteiger partial charge in [-0.2, -0.15) is 13.2 Å². The number of aromatic nitrogens is 8. The summed E-state index contributed by atoms with van der Waals surface area (Å²) in [6.45, 7) is 0.319. The smallest absolute Gasteiger partial charge is 0.434 e. The third-order valence-electron chi connectivity index (χ3n) is 6.88. The molecule has 6 rings (SSSR count). The van der Waals surface area contributed by atoms with Crippen molar-refractivity contribution in [1.82, 2.24) is 38.6 Å². The Hall–Kier alpha value is -4.55. The van der Waals surface area contributed by atoms with E-state index in [0.29, 0.717) is 46.5 Å². The van der Waals surface area contributed by atoms with Gasteiger partial charge in [-0.25, -0.2) is 24.9 Å². The Bertz CT molecular complexity index is 1760. The van der Waals surface area contributed by atoms with E-state index in [1.54, 1.807) is 41.6 Å². The van der Waals surface area contributed by atoms with Gasteiger partial charge in [-0.3, -0.25) is 9.98 Å². The van der Waals surface area contributed by atoms with Gasteiger partial charge in [0.2, 0.25) is 11.5 Å². The van der Waals surface area contributed by atoms with Gasteiger partial charge in [0.05, 0.1) is 25.5 Å². The first-order chi connectivity index (χ1) is 18.7. The van der Waals surface area contributed by atoms with Crippen LogP contribution in [0.2, 0.25) is 0 Å². The molecule has 13 heteroatoms. The van der Waals surface area contributed by atoms with E-state index in [1.165, 1.54) is 17.9 Å². The van der Waals surface area contributed by atoms with Crippen molar-refractivity contribution in [2.75, 3.05) is 7.11 Å². The van der Waals surface area contributed by atoms with Gasteiger partial charge in [-0.05, 0) is 18.4 Å². The summed E-state index contributed by atoms with van der Waals surface area (Å²) in [7, 11) is 4.85. The number of aryl methyl sites for hydroxylation is 2. The lowest BCUT2D eigenvalue weighted by Crippen LogP contribution is -2.23. The fourth-order valence-corrected chi connectivity index (χ4v) is 4.69. The molecule has 0 aliphatic heterocycles. The summed E-state index contributed by atoms with van der Waals surface area (Å²) in [5.74, 6) is 1.36. The second-order valence-electron chi connectivity index (χ2n) is 9.54. The maximum absolute atomic E-state index is 13.1. The molecule has 1 aliphatic rings. The standard InChI is InChI=1S/C26H24F3N9O/c1-36-12-18(26(27,28)29)34-22(36)16-6-4-14(5-7-16)11-38-23-17(37(2)25(38)30)10-31-21(35-23)19-20(15-8-9-15)32-13-33-24(19)39-3/h4-7,10,12-13,15,30H,8-9,11H2,1-3H3. The molecule has 0 radical (unpaired) electrons. The number of rotatable bonds is 6. The van der Waals surface area contributed by atoms with Crippen LogP contribution >= 0.6 is 0 Å². The van der Waals surface area contributed by atoms with Crippen molar-refractivity contribution in [2.45, 2.75) is 31.5 Å². The Balaban J connectivity index is 1.38. The summed E-state index contributed by atoms with van der Waals surface area (Å²) in [5.41, 5.74) is 3.43. The van der Waals surface area contributed by atoms with Gasteiger partial charge in [0.25, 0.3) is 0 Å². The van der Waals surface area contributed by atoms with Gasteiger partial charge >= 0.3 is 6.18 Å². The molecule has 0 saturated heterocycles. The maximum atomic E-state index is 13.1. The summed E-state index contributed by atoms with van der Waals surface area (Å²) in [4.78, 5) is 21.9. The summed E-state index contributed by atoms with van der Waals surface area (Å²) in [5, 5.41) is 8.70. The number of nitrogens with zero attached hydrogens (tertiary/aromatic N) is 8. The zero-order chi connectivity index (χ0) is 27.5. The molecule has 0 amide bonds. The van der Waals surface area contributed by atoms with E-state index < -0.39 is 11.9 Å². The summed E-state index contributed by atoms with van der Waals surface area (Å²) >= 11 is 0. The van der Waals surface area contributed by atoms with Crippen LogP contribution in [0.3, 0.4) is 0 Å². The Morgan fingerprint density at radius 3 is 2.44 bits per heavy atom. The molecular weight excluding hydrogens is 511 g/mol. The summed E-state index contributed by atoms with van der Waals surface area (Å²) in [6, 6.07) is 7.07. The first kappa shape index (κ1) is 24.8. The molecule has 1 aromatic carbocycles. The van der Waals surface area contributed by atoms with Crippen LogP contribution in [0, 0.1) is 5.41 Å². The van der Waals surface area contributed by atoms with Crippen LogP contribution < -0.4 is 10.4 Å². The van der Waals surface area contributed by atoms with Crippen molar-refractivity contribution < 1.29 is 17.9 Å². The minimum Gasteiger partial charge on any atom is -0.480 e. The second kappa shape index (κ2) is 9.03. The molecular formula is C26H24F3N9O. The molecule has 4 heterocycles. The second-order valence-corrected chi connectivity index (χ2v) is 9.54. The van der Waals surface area contributed by atoms with E-state index in [4.69, 9.17) is 15.1 Å². The predicted octanol–water partition coefficient (Wildman–Crippen LogP) is 4.06. The zero-order valence-corrected chi connectivity index (χ0v) is 21.4. The van der Waals surface area contributed by atoms with Crippen molar-refractivity contribution in [3.8, 4) is 28.7 Å².